The van der Waals surface area contributed by atoms with Crippen LogP contribution in [0.15, 0.2) is 47.1 Å². The summed E-state index contributed by atoms with van der Waals surface area (Å²) < 4.78 is 0.971. The molecule has 0 aliphatic rings. The lowest BCUT2D eigenvalue weighted by molar-refractivity contribution is 1.05. The van der Waals surface area contributed by atoms with Gasteiger partial charge in [-0.05, 0) is 39.2 Å². The molecule has 0 fully saturated rings. The molecule has 0 spiro atoms. The maximum atomic E-state index is 5.55. The van der Waals surface area contributed by atoms with Gasteiger partial charge in [0.05, 0.1) is 4.47 Å². The number of nitrogens with two attached hydrogens (primary N) is 1. The number of rotatable bonds is 4. The monoisotopic (exact) mass is 291 g/mol. The molecule has 17 heavy (non-hydrogen) atoms. The second-order valence-corrected chi connectivity index (χ2v) is 4.56. The van der Waals surface area contributed by atoms with Crippen molar-refractivity contribution in [2.45, 2.75) is 13.1 Å². The van der Waals surface area contributed by atoms with Crippen molar-refractivity contribution in [3.8, 4) is 0 Å². The van der Waals surface area contributed by atoms with Gasteiger partial charge in [-0.15, -0.1) is 0 Å². The molecule has 4 heteroatoms. The van der Waals surface area contributed by atoms with Crippen molar-refractivity contribution in [1.29, 1.82) is 0 Å². The van der Waals surface area contributed by atoms with E-state index in [9.17, 15) is 0 Å². The summed E-state index contributed by atoms with van der Waals surface area (Å²) in [6.07, 6.45) is 1.77. The van der Waals surface area contributed by atoms with E-state index < -0.39 is 0 Å². The van der Waals surface area contributed by atoms with Crippen LogP contribution < -0.4 is 11.1 Å². The van der Waals surface area contributed by atoms with E-state index in [1.54, 1.807) is 6.20 Å². The van der Waals surface area contributed by atoms with E-state index in [-0.39, 0.29) is 0 Å². The van der Waals surface area contributed by atoms with E-state index in [1.807, 2.05) is 24.3 Å². The Labute approximate surface area is 109 Å². The minimum absolute atomic E-state index is 0.583. The van der Waals surface area contributed by atoms with Crippen molar-refractivity contribution >= 4 is 21.7 Å². The largest absolute Gasteiger partial charge is 0.365 e. The van der Waals surface area contributed by atoms with Crippen LogP contribution in [0, 0.1) is 0 Å². The highest BCUT2D eigenvalue weighted by molar-refractivity contribution is 9.10. The quantitative estimate of drug-likeness (QED) is 0.911. The minimum Gasteiger partial charge on any atom is -0.365 e. The summed E-state index contributed by atoms with van der Waals surface area (Å²) in [5, 5.41) is 3.28. The fourth-order valence-electron chi connectivity index (χ4n) is 1.49. The number of nitrogens with zero attached hydrogens (tertiary/aromatic N) is 1. The van der Waals surface area contributed by atoms with Crippen molar-refractivity contribution in [2.75, 3.05) is 5.32 Å². The Hall–Kier alpha value is -1.39. The molecule has 2 aromatic rings. The number of anilines is 1. The predicted molar refractivity (Wildman–Crippen MR) is 73.6 cm³/mol. The molecule has 0 bridgehead atoms. The lowest BCUT2D eigenvalue weighted by Crippen LogP contribution is -2.02. The molecular formula is C13H14BrN3. The smallest absolute Gasteiger partial charge is 0.140 e. The van der Waals surface area contributed by atoms with Gasteiger partial charge in [-0.3, -0.25) is 0 Å². The maximum Gasteiger partial charge on any atom is 0.140 e. The Bertz CT molecular complexity index is 482. The first-order valence-electron chi connectivity index (χ1n) is 5.42. The number of aromatic nitrogens is 1. The van der Waals surface area contributed by atoms with Crippen LogP contribution >= 0.6 is 15.9 Å². The number of hydrogen-bond acceptors (Lipinski definition) is 3. The van der Waals surface area contributed by atoms with Gasteiger partial charge >= 0.3 is 0 Å². The van der Waals surface area contributed by atoms with Gasteiger partial charge in [0.15, 0.2) is 0 Å². The fourth-order valence-corrected chi connectivity index (χ4v) is 1.89. The molecular weight excluding hydrogens is 278 g/mol. The van der Waals surface area contributed by atoms with Crippen molar-refractivity contribution in [3.63, 3.8) is 0 Å². The molecule has 0 saturated heterocycles. The van der Waals surface area contributed by atoms with Crippen LogP contribution in [0.5, 0.6) is 0 Å². The van der Waals surface area contributed by atoms with Crippen molar-refractivity contribution < 1.29 is 0 Å². The van der Waals surface area contributed by atoms with Crippen LogP contribution in [0.3, 0.4) is 0 Å². The van der Waals surface area contributed by atoms with E-state index in [1.165, 1.54) is 5.56 Å². The van der Waals surface area contributed by atoms with E-state index in [2.05, 4.69) is 38.4 Å². The van der Waals surface area contributed by atoms with E-state index in [0.29, 0.717) is 6.54 Å². The van der Waals surface area contributed by atoms with E-state index in [4.69, 9.17) is 5.73 Å². The number of hydrogen-bond donors (Lipinski definition) is 2. The molecule has 0 radical (unpaired) electrons. The summed E-state index contributed by atoms with van der Waals surface area (Å²) in [6.45, 7) is 1.33. The Morgan fingerprint density at radius 2 is 1.82 bits per heavy atom. The summed E-state index contributed by atoms with van der Waals surface area (Å²) in [6, 6.07) is 12.1. The second kappa shape index (κ2) is 5.80. The average molecular weight is 292 g/mol. The molecule has 3 N–H and O–H groups in total. The van der Waals surface area contributed by atoms with Gasteiger partial charge in [-0.1, -0.05) is 24.3 Å². The molecule has 1 aromatic heterocycles. The Morgan fingerprint density at radius 3 is 2.47 bits per heavy atom. The summed E-state index contributed by atoms with van der Waals surface area (Å²) in [5.41, 5.74) is 7.91. The second-order valence-electron chi connectivity index (χ2n) is 3.71. The van der Waals surface area contributed by atoms with Crippen LogP contribution in [0.2, 0.25) is 0 Å². The van der Waals surface area contributed by atoms with Gasteiger partial charge in [0.25, 0.3) is 0 Å². The first-order valence-corrected chi connectivity index (χ1v) is 6.21. The first kappa shape index (κ1) is 12.1. The summed E-state index contributed by atoms with van der Waals surface area (Å²) in [5.74, 6) is 0.857. The molecule has 0 unspecified atom stereocenters. The summed E-state index contributed by atoms with van der Waals surface area (Å²) in [4.78, 5) is 4.25. The highest BCUT2D eigenvalue weighted by atomic mass is 79.9. The Kier molecular flexibility index (Phi) is 4.12. The summed E-state index contributed by atoms with van der Waals surface area (Å²) in [7, 11) is 0. The third kappa shape index (κ3) is 3.28. The van der Waals surface area contributed by atoms with Crippen LogP contribution in [-0.4, -0.2) is 4.98 Å². The van der Waals surface area contributed by atoms with Crippen LogP contribution in [0.4, 0.5) is 5.82 Å². The van der Waals surface area contributed by atoms with Crippen molar-refractivity contribution in [1.82, 2.24) is 4.98 Å². The minimum atomic E-state index is 0.583. The molecule has 0 saturated carbocycles. The van der Waals surface area contributed by atoms with Crippen molar-refractivity contribution in [3.05, 3.63) is 58.2 Å². The molecule has 1 heterocycles. The van der Waals surface area contributed by atoms with Crippen molar-refractivity contribution in [2.24, 2.45) is 5.73 Å². The van der Waals surface area contributed by atoms with E-state index >= 15 is 0 Å². The number of pyridine rings is 1. The van der Waals surface area contributed by atoms with Gasteiger partial charge in [0.2, 0.25) is 0 Å². The average Bonchev–Trinajstić information content (AvgIpc) is 2.38. The zero-order valence-electron chi connectivity index (χ0n) is 9.36. The molecule has 3 nitrogen and oxygen atoms in total. The fraction of sp³-hybridized carbons (Fsp3) is 0.154. The third-order valence-electron chi connectivity index (χ3n) is 2.48. The van der Waals surface area contributed by atoms with E-state index in [0.717, 1.165) is 22.4 Å². The van der Waals surface area contributed by atoms with Gasteiger partial charge in [-0.2, -0.15) is 0 Å². The standard InChI is InChI=1S/C13H14BrN3/c14-12-2-1-7-16-13(12)17-9-11-5-3-10(8-15)4-6-11/h1-7H,8-9,15H2,(H,16,17). The number of nitrogens with one attached hydrogen (secondary N) is 1. The zero-order valence-corrected chi connectivity index (χ0v) is 10.9. The zero-order chi connectivity index (χ0) is 12.1. The highest BCUT2D eigenvalue weighted by Crippen LogP contribution is 2.19. The third-order valence-corrected chi connectivity index (χ3v) is 3.12. The first-order chi connectivity index (χ1) is 8.29. The Balaban J connectivity index is 2.00. The topological polar surface area (TPSA) is 50.9 Å². The lowest BCUT2D eigenvalue weighted by atomic mass is 10.1. The Morgan fingerprint density at radius 1 is 1.12 bits per heavy atom. The molecule has 0 aliphatic heterocycles. The molecule has 0 amide bonds. The summed E-state index contributed by atoms with van der Waals surface area (Å²) >= 11 is 3.45. The highest BCUT2D eigenvalue weighted by Gasteiger charge is 1.99. The normalized spacial score (nSPS) is 10.2. The number of benzene rings is 1. The number of halogens is 1. The predicted octanol–water partition coefficient (Wildman–Crippen LogP) is 2.91. The van der Waals surface area contributed by atoms with Gasteiger partial charge in [-0.25, -0.2) is 4.98 Å². The van der Waals surface area contributed by atoms with Crippen LogP contribution in [-0.2, 0) is 13.1 Å². The van der Waals surface area contributed by atoms with Gasteiger partial charge in [0.1, 0.15) is 5.82 Å². The maximum absolute atomic E-state index is 5.55. The molecule has 2 rings (SSSR count). The SMILES string of the molecule is NCc1ccc(CNc2ncccc2Br)cc1. The lowest BCUT2D eigenvalue weighted by Gasteiger charge is -2.07. The van der Waals surface area contributed by atoms with Gasteiger partial charge < -0.3 is 11.1 Å². The molecule has 0 aliphatic carbocycles. The molecule has 0 atom stereocenters. The van der Waals surface area contributed by atoms with Crippen LogP contribution in [0.25, 0.3) is 0 Å². The molecule has 1 aromatic carbocycles. The molecule has 88 valence electrons. The van der Waals surface area contributed by atoms with Crippen LogP contribution in [0.1, 0.15) is 11.1 Å². The van der Waals surface area contributed by atoms with Gasteiger partial charge in [0, 0.05) is 19.3 Å².